The van der Waals surface area contributed by atoms with Crippen LogP contribution in [0.3, 0.4) is 0 Å². The van der Waals surface area contributed by atoms with E-state index in [0.717, 1.165) is 40.2 Å². The first kappa shape index (κ1) is 27.1. The second-order valence-electron chi connectivity index (χ2n) is 11.3. The van der Waals surface area contributed by atoms with Gasteiger partial charge >= 0.3 is 0 Å². The van der Waals surface area contributed by atoms with E-state index in [9.17, 15) is 5.11 Å². The van der Waals surface area contributed by atoms with Gasteiger partial charge in [-0.05, 0) is 130 Å². The quantitative estimate of drug-likeness (QED) is 0.230. The molecule has 6 heteroatoms. The summed E-state index contributed by atoms with van der Waals surface area (Å²) in [4.78, 5) is 6.20. The summed E-state index contributed by atoms with van der Waals surface area (Å²) < 4.78 is 13.1. The number of fused-ring (bicyclic) bond motifs is 1. The molecule has 3 aromatic carbocycles. The lowest BCUT2D eigenvalue weighted by atomic mass is 9.90. The topological polar surface area (TPSA) is 45.2 Å². The average Bonchev–Trinajstić information content (AvgIpc) is 3.73. The Balaban J connectivity index is 1.37. The molecule has 1 N–H and O–H groups in total. The molecule has 4 aromatic rings. The van der Waals surface area contributed by atoms with Crippen molar-refractivity contribution in [3.63, 3.8) is 0 Å². The number of aromatic hydroxyl groups is 1. The van der Waals surface area contributed by atoms with Crippen molar-refractivity contribution in [1.82, 2.24) is 9.80 Å². The van der Waals surface area contributed by atoms with E-state index in [-0.39, 0.29) is 0 Å². The molecule has 0 spiro atoms. The predicted molar refractivity (Wildman–Crippen MR) is 166 cm³/mol. The van der Waals surface area contributed by atoms with E-state index in [2.05, 4.69) is 54.0 Å². The number of phenolic OH excluding ortho intramolecular Hbond substituents is 1. The number of benzene rings is 3. The molecule has 2 fully saturated rings. The fourth-order valence-electron chi connectivity index (χ4n) is 6.28. The van der Waals surface area contributed by atoms with E-state index in [1.807, 2.05) is 12.1 Å². The Morgan fingerprint density at radius 2 is 1.57 bits per heavy atom. The van der Waals surface area contributed by atoms with Crippen LogP contribution in [0.1, 0.15) is 42.4 Å². The Labute approximate surface area is 242 Å². The summed E-state index contributed by atoms with van der Waals surface area (Å²) in [6, 6.07) is 16.6. The third-order valence-electron chi connectivity index (χ3n) is 8.72. The average molecular weight is 557 g/mol. The van der Waals surface area contributed by atoms with Crippen molar-refractivity contribution in [3.05, 3.63) is 65.2 Å². The van der Waals surface area contributed by atoms with Gasteiger partial charge in [0.1, 0.15) is 12.4 Å². The highest BCUT2D eigenvalue weighted by Gasteiger charge is 2.22. The SMILES string of the molecule is COc1cc(-c2sc3cc(O)ccc3c2-c2ccc(CN3CCCC3)c(C)c2C)ccc1OCCN1CCCC1. The number of ether oxygens (including phenoxy) is 2. The number of nitrogens with zero attached hydrogens (tertiary/aromatic N) is 2. The summed E-state index contributed by atoms with van der Waals surface area (Å²) in [5.74, 6) is 1.82. The molecule has 2 saturated heterocycles. The highest BCUT2D eigenvalue weighted by molar-refractivity contribution is 7.23. The number of hydrogen-bond acceptors (Lipinski definition) is 6. The van der Waals surface area contributed by atoms with Gasteiger partial charge in [-0.1, -0.05) is 12.1 Å². The van der Waals surface area contributed by atoms with Crippen LogP contribution in [0.5, 0.6) is 17.2 Å². The maximum atomic E-state index is 10.3. The molecule has 0 atom stereocenters. The minimum atomic E-state index is 0.292. The first-order valence-corrected chi connectivity index (χ1v) is 15.4. The van der Waals surface area contributed by atoms with Gasteiger partial charge in [-0.25, -0.2) is 0 Å². The highest BCUT2D eigenvalue weighted by atomic mass is 32.1. The maximum absolute atomic E-state index is 10.3. The van der Waals surface area contributed by atoms with Crippen LogP contribution >= 0.6 is 11.3 Å². The normalized spacial score (nSPS) is 16.3. The van der Waals surface area contributed by atoms with Crippen molar-refractivity contribution < 1.29 is 14.6 Å². The van der Waals surface area contributed by atoms with E-state index in [1.54, 1.807) is 24.5 Å². The molecule has 6 rings (SSSR count). The van der Waals surface area contributed by atoms with Crippen molar-refractivity contribution in [3.8, 4) is 38.8 Å². The fourth-order valence-corrected chi connectivity index (χ4v) is 7.52. The van der Waals surface area contributed by atoms with E-state index >= 15 is 0 Å². The molecule has 0 saturated carbocycles. The van der Waals surface area contributed by atoms with Crippen LogP contribution < -0.4 is 9.47 Å². The van der Waals surface area contributed by atoms with E-state index in [0.29, 0.717) is 12.4 Å². The third-order valence-corrected chi connectivity index (χ3v) is 9.93. The van der Waals surface area contributed by atoms with Crippen LogP contribution in [-0.2, 0) is 6.54 Å². The highest BCUT2D eigenvalue weighted by Crippen LogP contribution is 2.48. The van der Waals surface area contributed by atoms with E-state index in [4.69, 9.17) is 9.47 Å². The van der Waals surface area contributed by atoms with Gasteiger partial charge in [0.25, 0.3) is 0 Å². The zero-order valence-electron chi connectivity index (χ0n) is 24.0. The Kier molecular flexibility index (Phi) is 8.01. The number of likely N-dealkylation sites (tertiary alicyclic amines) is 2. The monoisotopic (exact) mass is 556 g/mol. The first-order valence-electron chi connectivity index (χ1n) is 14.6. The molecular weight excluding hydrogens is 516 g/mol. The molecule has 0 bridgehead atoms. The van der Waals surface area contributed by atoms with E-state index < -0.39 is 0 Å². The molecule has 0 unspecified atom stereocenters. The minimum absolute atomic E-state index is 0.292. The lowest BCUT2D eigenvalue weighted by molar-refractivity contribution is 0.230. The largest absolute Gasteiger partial charge is 0.508 e. The van der Waals surface area contributed by atoms with Crippen LogP contribution in [-0.4, -0.2) is 61.3 Å². The molecule has 40 heavy (non-hydrogen) atoms. The summed E-state index contributed by atoms with van der Waals surface area (Å²) >= 11 is 1.72. The first-order chi connectivity index (χ1) is 19.5. The smallest absolute Gasteiger partial charge is 0.161 e. The molecule has 3 heterocycles. The molecule has 0 aliphatic carbocycles. The molecule has 5 nitrogen and oxygen atoms in total. The molecule has 0 radical (unpaired) electrons. The zero-order valence-corrected chi connectivity index (χ0v) is 24.8. The fraction of sp³-hybridized carbons (Fsp3) is 0.412. The molecular formula is C34H40N2O3S. The molecule has 2 aliphatic rings. The molecule has 1 aromatic heterocycles. The lowest BCUT2D eigenvalue weighted by Crippen LogP contribution is -2.25. The lowest BCUT2D eigenvalue weighted by Gasteiger charge is -2.20. The number of rotatable bonds is 9. The van der Waals surface area contributed by atoms with Crippen molar-refractivity contribution in [2.45, 2.75) is 46.1 Å². The summed E-state index contributed by atoms with van der Waals surface area (Å²) in [5, 5.41) is 11.4. The molecule has 210 valence electrons. The minimum Gasteiger partial charge on any atom is -0.508 e. The van der Waals surface area contributed by atoms with Gasteiger partial charge in [-0.15, -0.1) is 11.3 Å². The van der Waals surface area contributed by atoms with Gasteiger partial charge in [0.05, 0.1) is 7.11 Å². The van der Waals surface area contributed by atoms with Gasteiger partial charge in [0, 0.05) is 33.6 Å². The maximum Gasteiger partial charge on any atom is 0.161 e. The van der Waals surface area contributed by atoms with Gasteiger partial charge in [0.2, 0.25) is 0 Å². The van der Waals surface area contributed by atoms with Crippen molar-refractivity contribution in [2.75, 3.05) is 46.4 Å². The summed E-state index contributed by atoms with van der Waals surface area (Å²) in [7, 11) is 1.71. The van der Waals surface area contributed by atoms with Gasteiger partial charge in [0.15, 0.2) is 11.5 Å². The number of phenols is 1. The van der Waals surface area contributed by atoms with Crippen LogP contribution in [0.2, 0.25) is 0 Å². The van der Waals surface area contributed by atoms with Crippen LogP contribution in [0.15, 0.2) is 48.5 Å². The van der Waals surface area contributed by atoms with Crippen LogP contribution in [0.4, 0.5) is 0 Å². The van der Waals surface area contributed by atoms with Crippen molar-refractivity contribution in [1.29, 1.82) is 0 Å². The van der Waals surface area contributed by atoms with Gasteiger partial charge in [-0.2, -0.15) is 0 Å². The third kappa shape index (κ3) is 5.45. The Morgan fingerprint density at radius 3 is 2.33 bits per heavy atom. The second kappa shape index (κ2) is 11.8. The van der Waals surface area contributed by atoms with Crippen molar-refractivity contribution >= 4 is 21.4 Å². The molecule has 2 aliphatic heterocycles. The Morgan fingerprint density at radius 1 is 0.825 bits per heavy atom. The number of hydrogen-bond donors (Lipinski definition) is 1. The summed E-state index contributed by atoms with van der Waals surface area (Å²) in [5.41, 5.74) is 7.67. The zero-order chi connectivity index (χ0) is 27.6. The predicted octanol–water partition coefficient (Wildman–Crippen LogP) is 7.64. The number of thiophene rings is 1. The Hall–Kier alpha value is -3.06. The van der Waals surface area contributed by atoms with Gasteiger partial charge in [-0.3, -0.25) is 9.80 Å². The van der Waals surface area contributed by atoms with Crippen LogP contribution in [0.25, 0.3) is 31.7 Å². The van der Waals surface area contributed by atoms with Gasteiger partial charge < -0.3 is 14.6 Å². The Bertz CT molecular complexity index is 1500. The summed E-state index contributed by atoms with van der Waals surface area (Å²) in [6.45, 7) is 11.9. The molecule has 0 amide bonds. The van der Waals surface area contributed by atoms with Crippen molar-refractivity contribution in [2.24, 2.45) is 0 Å². The van der Waals surface area contributed by atoms with E-state index in [1.165, 1.54) is 84.6 Å². The van der Waals surface area contributed by atoms with Crippen LogP contribution in [0, 0.1) is 13.8 Å². The standard InChI is InChI=1S/C34H40N2O3S/c1-23-24(2)28(11-8-26(23)22-36-16-6-7-17-36)33-29-12-10-27(37)21-32(29)40-34(33)25-9-13-30(31(20-25)38-3)39-19-18-35-14-4-5-15-35/h8-13,20-21,37H,4-7,14-19,22H2,1-3H3. The number of methoxy groups -OCH3 is 1. The second-order valence-corrected chi connectivity index (χ2v) is 12.3. The summed E-state index contributed by atoms with van der Waals surface area (Å²) in [6.07, 6.45) is 5.18.